The first-order valence-corrected chi connectivity index (χ1v) is 6.51. The van der Waals surface area contributed by atoms with Crippen molar-refractivity contribution in [3.63, 3.8) is 0 Å². The summed E-state index contributed by atoms with van der Waals surface area (Å²) < 4.78 is 6.07. The molecule has 0 aromatic heterocycles. The smallest absolute Gasteiger partial charge is 0.333 e. The number of carbonyl (C=O) groups is 1. The van der Waals surface area contributed by atoms with Crippen LogP contribution in [0.25, 0.3) is 0 Å². The fourth-order valence-corrected chi connectivity index (χ4v) is 2.12. The molecule has 0 aromatic rings. The van der Waals surface area contributed by atoms with Gasteiger partial charge in [-0.1, -0.05) is 6.58 Å². The third kappa shape index (κ3) is 5.27. The number of rotatable bonds is 4. The van der Waals surface area contributed by atoms with Gasteiger partial charge in [-0.25, -0.2) is 4.79 Å². The van der Waals surface area contributed by atoms with Gasteiger partial charge in [-0.15, -0.1) is 0 Å². The predicted octanol–water partition coefficient (Wildman–Crippen LogP) is 0.153. The first kappa shape index (κ1) is 21.0. The zero-order valence-corrected chi connectivity index (χ0v) is 15.3. The lowest BCUT2D eigenvalue weighted by Gasteiger charge is -2.54. The molecular formula is C15H30BrNO2. The van der Waals surface area contributed by atoms with Crippen molar-refractivity contribution in [2.24, 2.45) is 0 Å². The monoisotopic (exact) mass is 335 g/mol. The van der Waals surface area contributed by atoms with Crippen LogP contribution >= 0.6 is 0 Å². The summed E-state index contributed by atoms with van der Waals surface area (Å²) in [4.78, 5) is 11.4. The van der Waals surface area contributed by atoms with Crippen molar-refractivity contribution >= 4 is 5.97 Å². The molecule has 0 saturated carbocycles. The van der Waals surface area contributed by atoms with Crippen molar-refractivity contribution < 1.29 is 31.0 Å². The number of quaternary nitrogens is 1. The summed E-state index contributed by atoms with van der Waals surface area (Å²) in [6.07, 6.45) is 0. The Morgan fingerprint density at radius 1 is 1.11 bits per heavy atom. The van der Waals surface area contributed by atoms with E-state index in [9.17, 15) is 4.79 Å². The summed E-state index contributed by atoms with van der Waals surface area (Å²) in [5.41, 5.74) is 0.637. The lowest BCUT2D eigenvalue weighted by molar-refractivity contribution is -0.994. The molecule has 0 fully saturated rings. The Bertz CT molecular complexity index is 310. The first-order valence-electron chi connectivity index (χ1n) is 6.51. The number of esters is 1. The Hall–Kier alpha value is -0.350. The standard InChI is InChI=1S/C15H30NO2.BrH/c1-12(2)13(17)18-11-10-16(9,14(3,4)5)15(6,7)8;/h1,10-11H2,2-9H3;1H/q+1;/p-1. The number of carbonyl (C=O) groups excluding carboxylic acids is 1. The fourth-order valence-electron chi connectivity index (χ4n) is 2.12. The van der Waals surface area contributed by atoms with Crippen LogP contribution < -0.4 is 17.0 Å². The van der Waals surface area contributed by atoms with E-state index in [2.05, 4.69) is 55.2 Å². The van der Waals surface area contributed by atoms with Gasteiger partial charge in [-0.05, 0) is 48.5 Å². The highest BCUT2D eigenvalue weighted by Crippen LogP contribution is 2.32. The van der Waals surface area contributed by atoms with E-state index in [4.69, 9.17) is 4.74 Å². The Balaban J connectivity index is 0. The van der Waals surface area contributed by atoms with Gasteiger partial charge < -0.3 is 26.2 Å². The molecule has 0 amide bonds. The minimum Gasteiger partial charge on any atom is -1.00 e. The second-order valence-corrected chi connectivity index (χ2v) is 7.17. The molecule has 0 N–H and O–H groups in total. The van der Waals surface area contributed by atoms with Gasteiger partial charge in [0.1, 0.15) is 13.2 Å². The Morgan fingerprint density at radius 3 is 1.74 bits per heavy atom. The van der Waals surface area contributed by atoms with Crippen molar-refractivity contribution in [1.29, 1.82) is 0 Å². The predicted molar refractivity (Wildman–Crippen MR) is 76.3 cm³/mol. The second kappa shape index (κ2) is 6.89. The number of halogens is 1. The second-order valence-electron chi connectivity index (χ2n) is 7.17. The van der Waals surface area contributed by atoms with E-state index >= 15 is 0 Å². The number of likely N-dealkylation sites (N-methyl/N-ethyl adjacent to an activating group) is 1. The van der Waals surface area contributed by atoms with Gasteiger partial charge in [-0.2, -0.15) is 0 Å². The fraction of sp³-hybridized carbons (Fsp3) is 0.800. The lowest BCUT2D eigenvalue weighted by Crippen LogP contribution is -3.00. The van der Waals surface area contributed by atoms with E-state index in [1.165, 1.54) is 0 Å². The topological polar surface area (TPSA) is 26.3 Å². The minimum atomic E-state index is -0.302. The van der Waals surface area contributed by atoms with Gasteiger partial charge in [-0.3, -0.25) is 0 Å². The molecule has 0 heterocycles. The number of ether oxygens (including phenoxy) is 1. The van der Waals surface area contributed by atoms with Gasteiger partial charge in [0.05, 0.1) is 18.1 Å². The molecule has 19 heavy (non-hydrogen) atoms. The average Bonchev–Trinajstić information content (AvgIpc) is 2.13. The summed E-state index contributed by atoms with van der Waals surface area (Å²) in [7, 11) is 2.22. The summed E-state index contributed by atoms with van der Waals surface area (Å²) in [5.74, 6) is -0.302. The Kier molecular flexibility index (Phi) is 7.60. The maximum Gasteiger partial charge on any atom is 0.333 e. The van der Waals surface area contributed by atoms with E-state index in [1.54, 1.807) is 6.92 Å². The maximum absolute atomic E-state index is 11.4. The SMILES string of the molecule is C=C(C)C(=O)OCC[N+](C)(C(C)(C)C)C(C)(C)C.[Br-]. The van der Waals surface area contributed by atoms with Crippen LogP contribution in [0.1, 0.15) is 48.5 Å². The molecule has 0 bridgehead atoms. The number of nitrogens with zero attached hydrogens (tertiary/aromatic N) is 1. The van der Waals surface area contributed by atoms with Crippen molar-refractivity contribution in [2.75, 3.05) is 20.2 Å². The molecule has 0 rings (SSSR count). The molecule has 4 heteroatoms. The number of hydrogen-bond acceptors (Lipinski definition) is 2. The average molecular weight is 336 g/mol. The Morgan fingerprint density at radius 2 is 1.47 bits per heavy atom. The summed E-state index contributed by atoms with van der Waals surface area (Å²) in [6.45, 7) is 19.8. The van der Waals surface area contributed by atoms with Gasteiger partial charge in [0.25, 0.3) is 0 Å². The van der Waals surface area contributed by atoms with Crippen LogP contribution in [0, 0.1) is 0 Å². The van der Waals surface area contributed by atoms with Crippen LogP contribution in [0.4, 0.5) is 0 Å². The minimum absolute atomic E-state index is 0. The maximum atomic E-state index is 11.4. The molecule has 0 aromatic carbocycles. The molecule has 0 atom stereocenters. The van der Waals surface area contributed by atoms with Gasteiger partial charge >= 0.3 is 5.97 Å². The molecule has 0 spiro atoms. The molecule has 0 saturated heterocycles. The van der Waals surface area contributed by atoms with Crippen LogP contribution in [0.15, 0.2) is 12.2 Å². The molecule has 3 nitrogen and oxygen atoms in total. The van der Waals surface area contributed by atoms with Crippen LogP contribution in [-0.2, 0) is 9.53 Å². The van der Waals surface area contributed by atoms with E-state index < -0.39 is 0 Å². The van der Waals surface area contributed by atoms with E-state index in [0.29, 0.717) is 12.2 Å². The third-order valence-electron chi connectivity index (χ3n) is 4.08. The third-order valence-corrected chi connectivity index (χ3v) is 4.08. The zero-order valence-electron chi connectivity index (χ0n) is 13.8. The van der Waals surface area contributed by atoms with Crippen molar-refractivity contribution in [3.05, 3.63) is 12.2 Å². The van der Waals surface area contributed by atoms with Crippen LogP contribution in [0.5, 0.6) is 0 Å². The summed E-state index contributed by atoms with van der Waals surface area (Å²) >= 11 is 0. The van der Waals surface area contributed by atoms with Crippen LogP contribution in [0.2, 0.25) is 0 Å². The van der Waals surface area contributed by atoms with Gasteiger partial charge in [0.15, 0.2) is 0 Å². The molecule has 0 aliphatic carbocycles. The quantitative estimate of drug-likeness (QED) is 0.415. The lowest BCUT2D eigenvalue weighted by atomic mass is 9.91. The highest BCUT2D eigenvalue weighted by Gasteiger charge is 2.45. The van der Waals surface area contributed by atoms with Crippen LogP contribution in [0.3, 0.4) is 0 Å². The first-order chi connectivity index (χ1) is 7.83. The van der Waals surface area contributed by atoms with Crippen molar-refractivity contribution in [1.82, 2.24) is 0 Å². The summed E-state index contributed by atoms with van der Waals surface area (Å²) in [5, 5.41) is 0. The van der Waals surface area contributed by atoms with E-state index in [-0.39, 0.29) is 34.0 Å². The molecular weight excluding hydrogens is 306 g/mol. The van der Waals surface area contributed by atoms with E-state index in [1.807, 2.05) is 0 Å². The molecule has 0 aliphatic rings. The Labute approximate surface area is 129 Å². The zero-order chi connectivity index (χ0) is 14.8. The molecule has 114 valence electrons. The number of hydrogen-bond donors (Lipinski definition) is 0. The van der Waals surface area contributed by atoms with Crippen LogP contribution in [-0.4, -0.2) is 41.7 Å². The van der Waals surface area contributed by atoms with Gasteiger partial charge in [0.2, 0.25) is 0 Å². The normalized spacial score (nSPS) is 12.6. The van der Waals surface area contributed by atoms with Crippen molar-refractivity contribution in [2.45, 2.75) is 59.5 Å². The summed E-state index contributed by atoms with van der Waals surface area (Å²) in [6, 6.07) is 0. The van der Waals surface area contributed by atoms with Crippen molar-refractivity contribution in [3.8, 4) is 0 Å². The highest BCUT2D eigenvalue weighted by molar-refractivity contribution is 5.86. The van der Waals surface area contributed by atoms with Gasteiger partial charge in [0, 0.05) is 5.57 Å². The molecule has 0 aliphatic heterocycles. The van der Waals surface area contributed by atoms with E-state index in [0.717, 1.165) is 11.0 Å². The largest absolute Gasteiger partial charge is 1.00 e. The molecule has 0 unspecified atom stereocenters. The molecule has 0 radical (unpaired) electrons. The highest BCUT2D eigenvalue weighted by atomic mass is 79.9.